The van der Waals surface area contributed by atoms with Gasteiger partial charge >= 0.3 is 10.1 Å². The summed E-state index contributed by atoms with van der Waals surface area (Å²) in [5.41, 5.74) is 16.1. The van der Waals surface area contributed by atoms with E-state index >= 15 is 0 Å². The number of nitrogens with zero attached hydrogens (tertiary/aromatic N) is 4. The first-order valence-electron chi connectivity index (χ1n) is 8.17. The average Bonchev–Trinajstić information content (AvgIpc) is 2.45. The molecule has 160 valence electrons. The van der Waals surface area contributed by atoms with Gasteiger partial charge in [0, 0.05) is 12.3 Å². The van der Waals surface area contributed by atoms with E-state index in [2.05, 4.69) is 9.58 Å². The van der Waals surface area contributed by atoms with Crippen molar-refractivity contribution in [2.24, 2.45) is 5.41 Å². The van der Waals surface area contributed by atoms with Crippen LogP contribution < -0.4 is 0 Å². The van der Waals surface area contributed by atoms with Gasteiger partial charge in [0.05, 0.1) is 10.00 Å². The van der Waals surface area contributed by atoms with Crippen LogP contribution in [-0.4, -0.2) is 58.1 Å². The van der Waals surface area contributed by atoms with Crippen molar-refractivity contribution in [2.75, 3.05) is 0 Å². The number of hydrogen-bond donors (Lipinski definition) is 0. The lowest BCUT2D eigenvalue weighted by molar-refractivity contribution is -0.123. The largest absolute Gasteiger partial charge is 0.448 e. The Labute approximate surface area is 166 Å². The molecule has 0 bridgehead atoms. The monoisotopic (exact) mass is 436 g/mol. The molecule has 0 radical (unpaired) electrons. The van der Waals surface area contributed by atoms with Crippen molar-refractivity contribution < 1.29 is 36.0 Å². The maximum atomic E-state index is 12.0. The second-order valence-corrected chi connectivity index (χ2v) is 13.2. The van der Waals surface area contributed by atoms with Gasteiger partial charge in [-0.15, -0.1) is 9.58 Å². The summed E-state index contributed by atoms with van der Waals surface area (Å²) in [7, 11) is -7.66. The normalized spacial score (nSPS) is 12.2. The van der Waals surface area contributed by atoms with E-state index in [1.807, 2.05) is 0 Å². The first kappa shape index (κ1) is 28.2. The van der Waals surface area contributed by atoms with Crippen molar-refractivity contribution in [2.45, 2.75) is 72.3 Å². The molecule has 0 aliphatic rings. The van der Waals surface area contributed by atoms with Gasteiger partial charge in [-0.1, -0.05) is 20.8 Å². The molecule has 0 aliphatic carbocycles. The Balaban J connectivity index is 0. The van der Waals surface area contributed by atoms with E-state index < -0.39 is 56.7 Å². The molecule has 0 saturated carbocycles. The van der Waals surface area contributed by atoms with Crippen LogP contribution in [0.3, 0.4) is 0 Å². The van der Waals surface area contributed by atoms with Crippen LogP contribution in [0.2, 0.25) is 0 Å². The molecule has 0 rings (SSSR count). The minimum absolute atomic E-state index is 0.690. The van der Waals surface area contributed by atoms with Crippen LogP contribution in [-0.2, 0) is 29.3 Å². The van der Waals surface area contributed by atoms with Crippen LogP contribution in [0, 0.1) is 5.41 Å². The summed E-state index contributed by atoms with van der Waals surface area (Å²) in [4.78, 5) is 27.6. The molecule has 0 aliphatic heterocycles. The molecule has 0 amide bonds. The van der Waals surface area contributed by atoms with Gasteiger partial charge in [-0.3, -0.25) is 9.59 Å². The van der Waals surface area contributed by atoms with Gasteiger partial charge in [-0.05, 0) is 34.6 Å². The number of rotatable bonds is 3. The molecule has 0 N–H and O–H groups in total. The van der Waals surface area contributed by atoms with E-state index in [1.54, 1.807) is 20.8 Å². The summed E-state index contributed by atoms with van der Waals surface area (Å²) in [6.45, 7) is 12.9. The van der Waals surface area contributed by atoms with Crippen LogP contribution >= 0.6 is 0 Å². The van der Waals surface area contributed by atoms with E-state index in [-0.39, 0.29) is 0 Å². The van der Waals surface area contributed by atoms with Crippen molar-refractivity contribution in [1.29, 1.82) is 0 Å². The SMILES string of the molecule is CC(=O)C(=[N+]=[N-])S(=O)(=O)C(C)C.CC(C)(C)C(=O)C(=[N+]=[N-])S(=O)(=O)C(C)(C)C. The Morgan fingerprint density at radius 2 is 1.18 bits per heavy atom. The molecule has 0 fully saturated rings. The summed E-state index contributed by atoms with van der Waals surface area (Å²) in [6.07, 6.45) is 0. The summed E-state index contributed by atoms with van der Waals surface area (Å²) in [5, 5.41) is -2.31. The lowest BCUT2D eigenvalue weighted by Gasteiger charge is -2.18. The first-order chi connectivity index (χ1) is 12.2. The fraction of sp³-hybridized carbons (Fsp3) is 0.750. The molecule has 0 aromatic heterocycles. The standard InChI is InChI=1S/C10H18N2O3S.C6H10N2O3S/c1-9(2,3)7(13)8(12-11)16(14,15)10(4,5)6;1-4(2)12(10,11)6(8-7)5(3)9/h1-6H3;4H,1-3H3. The molecular formula is C16H28N4O6S2. The van der Waals surface area contributed by atoms with Crippen LogP contribution in [0.15, 0.2) is 0 Å². The summed E-state index contributed by atoms with van der Waals surface area (Å²) in [5.74, 6) is -1.45. The Hall–Kier alpha value is -2.00. The predicted octanol–water partition coefficient (Wildman–Crippen LogP) is 1.47. The zero-order chi connectivity index (χ0) is 23.3. The average molecular weight is 437 g/mol. The molecule has 0 atom stereocenters. The Bertz CT molecular complexity index is 936. The van der Waals surface area contributed by atoms with E-state index in [9.17, 15) is 26.4 Å². The van der Waals surface area contributed by atoms with Gasteiger partial charge in [0.1, 0.15) is 0 Å². The number of carbonyl (C=O) groups excluding carboxylic acids is 2. The van der Waals surface area contributed by atoms with Crippen molar-refractivity contribution in [3.05, 3.63) is 11.1 Å². The Kier molecular flexibility index (Phi) is 9.54. The predicted molar refractivity (Wildman–Crippen MR) is 105 cm³/mol. The summed E-state index contributed by atoms with van der Waals surface area (Å²) < 4.78 is 45.1. The first-order valence-corrected chi connectivity index (χ1v) is 11.2. The maximum absolute atomic E-state index is 12.0. The van der Waals surface area contributed by atoms with E-state index in [1.165, 1.54) is 34.6 Å². The minimum atomic E-state index is -3.92. The van der Waals surface area contributed by atoms with Crippen molar-refractivity contribution in [1.82, 2.24) is 0 Å². The van der Waals surface area contributed by atoms with Gasteiger partial charge in [0.25, 0.3) is 31.2 Å². The molecule has 12 heteroatoms. The fourth-order valence-corrected chi connectivity index (χ4v) is 3.58. The van der Waals surface area contributed by atoms with Crippen molar-refractivity contribution in [3.8, 4) is 0 Å². The maximum Gasteiger partial charge on any atom is 0.448 e. The van der Waals surface area contributed by atoms with Crippen LogP contribution in [0.5, 0.6) is 0 Å². The quantitative estimate of drug-likeness (QED) is 0.280. The van der Waals surface area contributed by atoms with Gasteiger partial charge in [0.15, 0.2) is 0 Å². The summed E-state index contributed by atoms with van der Waals surface area (Å²) >= 11 is 0. The zero-order valence-electron chi connectivity index (χ0n) is 17.6. The third-order valence-corrected chi connectivity index (χ3v) is 7.85. The topological polar surface area (TPSA) is 175 Å². The lowest BCUT2D eigenvalue weighted by Crippen LogP contribution is -2.42. The summed E-state index contributed by atoms with van der Waals surface area (Å²) in [6, 6.07) is 0. The van der Waals surface area contributed by atoms with E-state index in [4.69, 9.17) is 11.1 Å². The van der Waals surface area contributed by atoms with E-state index in [0.717, 1.165) is 6.92 Å². The second kappa shape index (κ2) is 9.47. The third-order valence-electron chi connectivity index (χ3n) is 3.31. The Morgan fingerprint density at radius 3 is 1.32 bits per heavy atom. The molecule has 0 spiro atoms. The number of carbonyl (C=O) groups is 2. The van der Waals surface area contributed by atoms with Gasteiger partial charge in [-0.2, -0.15) is 0 Å². The molecule has 10 nitrogen and oxygen atoms in total. The van der Waals surface area contributed by atoms with Gasteiger partial charge in [-0.25, -0.2) is 16.8 Å². The second-order valence-electron chi connectivity index (χ2n) is 8.16. The molecular weight excluding hydrogens is 408 g/mol. The third kappa shape index (κ3) is 6.87. The van der Waals surface area contributed by atoms with E-state index in [0.29, 0.717) is 0 Å². The zero-order valence-corrected chi connectivity index (χ0v) is 19.3. The van der Waals surface area contributed by atoms with Crippen molar-refractivity contribution in [3.63, 3.8) is 0 Å². The number of ketones is 2. The molecule has 28 heavy (non-hydrogen) atoms. The Morgan fingerprint density at radius 1 is 0.821 bits per heavy atom. The lowest BCUT2D eigenvalue weighted by atomic mass is 9.91. The molecule has 0 heterocycles. The smallest absolute Gasteiger partial charge is 0.360 e. The highest BCUT2D eigenvalue weighted by Gasteiger charge is 2.48. The molecule has 0 saturated heterocycles. The van der Waals surface area contributed by atoms with Crippen LogP contribution in [0.1, 0.15) is 62.3 Å². The number of sulfone groups is 2. The van der Waals surface area contributed by atoms with Crippen LogP contribution in [0.4, 0.5) is 0 Å². The molecule has 0 aromatic rings. The van der Waals surface area contributed by atoms with Crippen molar-refractivity contribution >= 4 is 41.3 Å². The molecule has 0 unspecified atom stereocenters. The fourth-order valence-electron chi connectivity index (χ4n) is 1.38. The number of hydrogen-bond acceptors (Lipinski definition) is 6. The van der Waals surface area contributed by atoms with Gasteiger partial charge in [0.2, 0.25) is 0 Å². The highest BCUT2D eigenvalue weighted by Crippen LogP contribution is 2.23. The highest BCUT2D eigenvalue weighted by molar-refractivity contribution is 8.09. The van der Waals surface area contributed by atoms with Gasteiger partial charge < -0.3 is 11.1 Å². The van der Waals surface area contributed by atoms with Crippen LogP contribution in [0.25, 0.3) is 11.1 Å². The minimum Gasteiger partial charge on any atom is -0.360 e. The highest BCUT2D eigenvalue weighted by atomic mass is 32.2. The number of Topliss-reactive ketones (excluding diaryl/α,β-unsaturated/α-hetero) is 2. The molecule has 0 aromatic carbocycles.